The number of benzene rings is 3. The average Bonchev–Trinajstić information content (AvgIpc) is 3.57. The largest absolute Gasteiger partial charge is 0.493 e. The highest BCUT2D eigenvalue weighted by Gasteiger charge is 2.35. The molecule has 0 saturated heterocycles. The highest BCUT2D eigenvalue weighted by molar-refractivity contribution is 6.14. The summed E-state index contributed by atoms with van der Waals surface area (Å²) in [5.74, 6) is 2.25. The van der Waals surface area contributed by atoms with Gasteiger partial charge in [-0.05, 0) is 77.3 Å². The smallest absolute Gasteiger partial charge is 0.256 e. The number of pyridine rings is 1. The number of fused-ring (bicyclic) bond motifs is 3. The maximum absolute atomic E-state index is 14.4. The van der Waals surface area contributed by atoms with Crippen LogP contribution in [0.5, 0.6) is 17.2 Å². The number of anilines is 1. The lowest BCUT2D eigenvalue weighted by Crippen LogP contribution is -2.29. The van der Waals surface area contributed by atoms with E-state index in [4.69, 9.17) is 19.2 Å². The predicted octanol–water partition coefficient (Wildman–Crippen LogP) is 7.79. The van der Waals surface area contributed by atoms with Crippen molar-refractivity contribution in [1.82, 2.24) is 24.7 Å². The summed E-state index contributed by atoms with van der Waals surface area (Å²) in [5, 5.41) is 8.41. The first-order chi connectivity index (χ1) is 23.7. The van der Waals surface area contributed by atoms with E-state index in [1.807, 2.05) is 60.7 Å². The van der Waals surface area contributed by atoms with Crippen LogP contribution in [-0.4, -0.2) is 52.0 Å². The molecule has 3 aromatic heterocycles. The second-order valence-corrected chi connectivity index (χ2v) is 13.3. The van der Waals surface area contributed by atoms with Gasteiger partial charge in [0.2, 0.25) is 5.75 Å². The van der Waals surface area contributed by atoms with Gasteiger partial charge in [0.1, 0.15) is 0 Å². The molecule has 1 unspecified atom stereocenters. The molecule has 0 saturated carbocycles. The quantitative estimate of drug-likeness (QED) is 0.186. The van der Waals surface area contributed by atoms with Crippen LogP contribution in [0.1, 0.15) is 54.4 Å². The van der Waals surface area contributed by atoms with Crippen molar-refractivity contribution in [3.05, 3.63) is 102 Å². The lowest BCUT2D eigenvalue weighted by molar-refractivity contribution is 0.102. The van der Waals surface area contributed by atoms with E-state index in [1.165, 1.54) is 0 Å². The zero-order chi connectivity index (χ0) is 34.3. The van der Waals surface area contributed by atoms with Gasteiger partial charge in [-0.25, -0.2) is 14.6 Å². The monoisotopic (exact) mass is 654 g/mol. The van der Waals surface area contributed by atoms with Crippen molar-refractivity contribution in [3.63, 3.8) is 0 Å². The summed E-state index contributed by atoms with van der Waals surface area (Å²) in [5.41, 5.74) is 7.11. The second-order valence-electron chi connectivity index (χ2n) is 13.3. The molecule has 7 rings (SSSR count). The van der Waals surface area contributed by atoms with Gasteiger partial charge < -0.3 is 19.5 Å². The van der Waals surface area contributed by atoms with Crippen LogP contribution in [0.4, 0.5) is 5.69 Å². The molecule has 49 heavy (non-hydrogen) atoms. The van der Waals surface area contributed by atoms with E-state index in [9.17, 15) is 4.79 Å². The number of methoxy groups -OCH3 is 3. The fourth-order valence-corrected chi connectivity index (χ4v) is 6.55. The first kappa shape index (κ1) is 31.8. The lowest BCUT2D eigenvalue weighted by atomic mass is 9.69. The summed E-state index contributed by atoms with van der Waals surface area (Å²) < 4.78 is 18.5. The van der Waals surface area contributed by atoms with Crippen molar-refractivity contribution in [2.75, 3.05) is 26.6 Å². The molecule has 1 atom stereocenters. The molecule has 0 radical (unpaired) electrons. The minimum absolute atomic E-state index is 0.0342. The van der Waals surface area contributed by atoms with Crippen molar-refractivity contribution in [2.45, 2.75) is 33.6 Å². The number of carbonyl (C=O) groups excluding carboxylic acids is 1. The summed E-state index contributed by atoms with van der Waals surface area (Å²) >= 11 is 0. The molecule has 1 amide bonds. The van der Waals surface area contributed by atoms with Crippen LogP contribution in [0, 0.1) is 11.3 Å². The fraction of sp³-hybridized carbons (Fsp3) is 0.256. The number of hydrogen-bond donors (Lipinski definition) is 1. The SMILES string of the molecule is COc1cc(/C=C2/CC(C(C)(C)C)Cc3c2nc2ccccc2c3C(=O)Nc2cnn(-c3cnc4ccccc4n3)c2)cc(OC)c1OC. The summed E-state index contributed by atoms with van der Waals surface area (Å²) in [6, 6.07) is 19.3. The Morgan fingerprint density at radius 2 is 1.57 bits per heavy atom. The van der Waals surface area contributed by atoms with Crippen LogP contribution in [0.25, 0.3) is 39.4 Å². The van der Waals surface area contributed by atoms with Gasteiger partial charge >= 0.3 is 0 Å². The van der Waals surface area contributed by atoms with E-state index < -0.39 is 0 Å². The van der Waals surface area contributed by atoms with Crippen LogP contribution in [0.2, 0.25) is 0 Å². The molecule has 1 N–H and O–H groups in total. The third-order valence-corrected chi connectivity index (χ3v) is 9.21. The van der Waals surface area contributed by atoms with Gasteiger partial charge in [-0.3, -0.25) is 9.78 Å². The molecule has 10 nitrogen and oxygen atoms in total. The van der Waals surface area contributed by atoms with Crippen molar-refractivity contribution in [3.8, 4) is 23.1 Å². The molecule has 0 fully saturated rings. The maximum Gasteiger partial charge on any atom is 0.256 e. The average molecular weight is 655 g/mol. The second kappa shape index (κ2) is 12.7. The summed E-state index contributed by atoms with van der Waals surface area (Å²) in [7, 11) is 4.81. The van der Waals surface area contributed by atoms with Gasteiger partial charge in [0.05, 0.1) is 73.4 Å². The first-order valence-electron chi connectivity index (χ1n) is 16.2. The molecule has 1 aliphatic rings. The summed E-state index contributed by atoms with van der Waals surface area (Å²) in [6.45, 7) is 6.74. The molecule has 3 heterocycles. The molecule has 1 aliphatic carbocycles. The number of ether oxygens (including phenoxy) is 3. The van der Waals surface area contributed by atoms with Crippen LogP contribution >= 0.6 is 0 Å². The number of nitrogens with one attached hydrogen (secondary N) is 1. The lowest BCUT2D eigenvalue weighted by Gasteiger charge is -2.37. The Hall–Kier alpha value is -5.77. The van der Waals surface area contributed by atoms with E-state index >= 15 is 0 Å². The summed E-state index contributed by atoms with van der Waals surface area (Å²) in [6.07, 6.45) is 8.66. The molecule has 0 bridgehead atoms. The Morgan fingerprint density at radius 1 is 0.878 bits per heavy atom. The Kier molecular flexibility index (Phi) is 8.23. The zero-order valence-electron chi connectivity index (χ0n) is 28.4. The zero-order valence-corrected chi connectivity index (χ0v) is 28.4. The molecule has 6 aromatic rings. The number of nitrogens with zero attached hydrogens (tertiary/aromatic N) is 5. The van der Waals surface area contributed by atoms with Crippen LogP contribution in [-0.2, 0) is 6.42 Å². The highest BCUT2D eigenvalue weighted by atomic mass is 16.5. The third kappa shape index (κ3) is 6.06. The van der Waals surface area contributed by atoms with E-state index in [1.54, 1.807) is 44.6 Å². The third-order valence-electron chi connectivity index (χ3n) is 9.21. The minimum Gasteiger partial charge on any atom is -0.493 e. The molecule has 10 heteroatoms. The van der Waals surface area contributed by atoms with Gasteiger partial charge in [-0.15, -0.1) is 0 Å². The standard InChI is InChI=1S/C39H38N6O4/c1-39(2,3)25-18-24(15-23-16-32(47-4)37(49-6)33(17-23)48-5)36-28(19-25)35(27-11-7-8-12-29(27)44-36)38(46)42-26-20-41-45(22-26)34-21-40-30-13-9-10-14-31(30)43-34/h7-17,20-22,25H,18-19H2,1-6H3,(H,42,46)/b24-15-. The number of para-hydroxylation sites is 3. The highest BCUT2D eigenvalue weighted by Crippen LogP contribution is 2.46. The van der Waals surface area contributed by atoms with Gasteiger partial charge in [0, 0.05) is 5.39 Å². The number of rotatable bonds is 7. The van der Waals surface area contributed by atoms with Gasteiger partial charge in [0.25, 0.3) is 5.91 Å². The normalized spacial score (nSPS) is 15.3. The predicted molar refractivity (Wildman–Crippen MR) is 192 cm³/mol. The van der Waals surface area contributed by atoms with E-state index in [0.717, 1.165) is 50.8 Å². The number of carbonyl (C=O) groups is 1. The molecule has 248 valence electrons. The van der Waals surface area contributed by atoms with Crippen molar-refractivity contribution < 1.29 is 19.0 Å². The number of hydrogen-bond acceptors (Lipinski definition) is 8. The van der Waals surface area contributed by atoms with Crippen molar-refractivity contribution in [2.24, 2.45) is 11.3 Å². The van der Waals surface area contributed by atoms with E-state index in [-0.39, 0.29) is 17.2 Å². The molecular formula is C39H38N6O4. The maximum atomic E-state index is 14.4. The molecule has 3 aromatic carbocycles. The van der Waals surface area contributed by atoms with Crippen molar-refractivity contribution >= 4 is 45.2 Å². The number of allylic oxidation sites excluding steroid dienone is 1. The Morgan fingerprint density at radius 3 is 2.27 bits per heavy atom. The van der Waals surface area contributed by atoms with Gasteiger partial charge in [-0.2, -0.15) is 5.10 Å². The van der Waals surface area contributed by atoms with Crippen LogP contribution in [0.15, 0.2) is 79.3 Å². The summed E-state index contributed by atoms with van der Waals surface area (Å²) in [4.78, 5) is 28.8. The molecule has 0 spiro atoms. The van der Waals surface area contributed by atoms with Gasteiger partial charge in [0.15, 0.2) is 17.3 Å². The Bertz CT molecular complexity index is 2230. The Balaban J connectivity index is 1.32. The first-order valence-corrected chi connectivity index (χ1v) is 16.2. The molecular weight excluding hydrogens is 616 g/mol. The number of amides is 1. The molecule has 0 aliphatic heterocycles. The van der Waals surface area contributed by atoms with Crippen LogP contribution in [0.3, 0.4) is 0 Å². The van der Waals surface area contributed by atoms with Crippen LogP contribution < -0.4 is 19.5 Å². The minimum atomic E-state index is -0.222. The fourth-order valence-electron chi connectivity index (χ4n) is 6.55. The topological polar surface area (TPSA) is 113 Å². The van der Waals surface area contributed by atoms with Gasteiger partial charge in [-0.1, -0.05) is 51.1 Å². The van der Waals surface area contributed by atoms with Crippen molar-refractivity contribution in [1.29, 1.82) is 0 Å². The van der Waals surface area contributed by atoms with E-state index in [0.29, 0.717) is 40.7 Å². The number of aromatic nitrogens is 5. The van der Waals surface area contributed by atoms with E-state index in [2.05, 4.69) is 47.2 Å². The Labute approximate surface area is 284 Å².